The van der Waals surface area contributed by atoms with E-state index in [0.717, 1.165) is 13.2 Å². The van der Waals surface area contributed by atoms with E-state index in [1.165, 1.54) is 64.6 Å². The molecule has 1 heterocycles. The van der Waals surface area contributed by atoms with E-state index in [1.807, 2.05) is 0 Å². The van der Waals surface area contributed by atoms with Crippen LogP contribution in [0.5, 0.6) is 0 Å². The van der Waals surface area contributed by atoms with Crippen molar-refractivity contribution in [3.8, 4) is 0 Å². The van der Waals surface area contributed by atoms with Crippen molar-refractivity contribution in [1.29, 1.82) is 0 Å². The Labute approximate surface area is 131 Å². The molecule has 1 aliphatic carbocycles. The summed E-state index contributed by atoms with van der Waals surface area (Å²) >= 11 is 0. The maximum absolute atomic E-state index is 5.87. The van der Waals surface area contributed by atoms with E-state index in [0.29, 0.717) is 17.6 Å². The normalized spacial score (nSPS) is 30.4. The predicted molar refractivity (Wildman–Crippen MR) is 89.7 cm³/mol. The van der Waals surface area contributed by atoms with Crippen molar-refractivity contribution < 1.29 is 4.74 Å². The number of nitrogens with one attached hydrogen (secondary N) is 1. The lowest BCUT2D eigenvalue weighted by Gasteiger charge is -2.46. The molecule has 3 heteroatoms. The summed E-state index contributed by atoms with van der Waals surface area (Å²) in [6.45, 7) is 12.5. The summed E-state index contributed by atoms with van der Waals surface area (Å²) in [4.78, 5) is 2.74. The third-order valence-electron chi connectivity index (χ3n) is 5.43. The number of nitrogens with zero attached hydrogens (tertiary/aromatic N) is 1. The summed E-state index contributed by atoms with van der Waals surface area (Å²) in [5.41, 5.74) is 0.512. The molecule has 0 aromatic heterocycles. The summed E-state index contributed by atoms with van der Waals surface area (Å²) in [6, 6.07) is 0.631. The Bertz CT molecular complexity index is 289. The quantitative estimate of drug-likeness (QED) is 0.728. The second-order valence-corrected chi connectivity index (χ2v) is 7.37. The summed E-state index contributed by atoms with van der Waals surface area (Å²) in [5.74, 6) is 0. The van der Waals surface area contributed by atoms with Gasteiger partial charge in [0, 0.05) is 25.7 Å². The molecule has 2 unspecified atom stereocenters. The van der Waals surface area contributed by atoms with Crippen LogP contribution in [-0.4, -0.2) is 49.8 Å². The molecule has 0 spiro atoms. The average molecular weight is 296 g/mol. The van der Waals surface area contributed by atoms with Gasteiger partial charge in [-0.15, -0.1) is 0 Å². The van der Waals surface area contributed by atoms with E-state index < -0.39 is 0 Å². The smallest absolute Gasteiger partial charge is 0.0674 e. The molecule has 1 saturated heterocycles. The van der Waals surface area contributed by atoms with Crippen LogP contribution in [0.1, 0.15) is 65.7 Å². The lowest BCUT2D eigenvalue weighted by molar-refractivity contribution is -0.0729. The Kier molecular flexibility index (Phi) is 6.97. The zero-order valence-electron chi connectivity index (χ0n) is 14.5. The fourth-order valence-electron chi connectivity index (χ4n) is 4.14. The Morgan fingerprint density at radius 3 is 2.62 bits per heavy atom. The maximum Gasteiger partial charge on any atom is 0.0674 e. The fraction of sp³-hybridized carbons (Fsp3) is 1.00. The van der Waals surface area contributed by atoms with Crippen molar-refractivity contribution in [3.63, 3.8) is 0 Å². The molecule has 124 valence electrons. The third-order valence-corrected chi connectivity index (χ3v) is 5.43. The molecule has 2 aliphatic rings. The first-order chi connectivity index (χ1) is 10.2. The summed E-state index contributed by atoms with van der Waals surface area (Å²) < 4.78 is 5.87. The average Bonchev–Trinajstić information content (AvgIpc) is 2.49. The largest absolute Gasteiger partial charge is 0.376 e. The van der Waals surface area contributed by atoms with Crippen LogP contribution in [0.3, 0.4) is 0 Å². The van der Waals surface area contributed by atoms with Gasteiger partial charge in [-0.3, -0.25) is 4.90 Å². The molecule has 2 atom stereocenters. The summed E-state index contributed by atoms with van der Waals surface area (Å²) in [6.07, 6.45) is 9.95. The minimum absolute atomic E-state index is 0.400. The monoisotopic (exact) mass is 296 g/mol. The highest BCUT2D eigenvalue weighted by molar-refractivity contribution is 4.91. The summed E-state index contributed by atoms with van der Waals surface area (Å²) in [7, 11) is 0. The van der Waals surface area contributed by atoms with E-state index in [4.69, 9.17) is 4.74 Å². The zero-order valence-corrected chi connectivity index (χ0v) is 14.5. The van der Waals surface area contributed by atoms with Crippen LogP contribution in [0.4, 0.5) is 0 Å². The number of hydrogen-bond donors (Lipinski definition) is 1. The highest BCUT2D eigenvalue weighted by Gasteiger charge is 2.37. The number of rotatable bonds is 7. The van der Waals surface area contributed by atoms with Crippen LogP contribution < -0.4 is 5.32 Å². The zero-order chi connectivity index (χ0) is 15.1. The van der Waals surface area contributed by atoms with Crippen molar-refractivity contribution in [2.24, 2.45) is 5.41 Å². The van der Waals surface area contributed by atoms with Crippen LogP contribution in [-0.2, 0) is 4.74 Å². The van der Waals surface area contributed by atoms with Gasteiger partial charge in [0.2, 0.25) is 0 Å². The SMILES string of the molecule is CCCNCC1(CN2CC(C)OCC2CC)CCCCC1. The molecule has 3 nitrogen and oxygen atoms in total. The van der Waals surface area contributed by atoms with Crippen molar-refractivity contribution in [3.05, 3.63) is 0 Å². The van der Waals surface area contributed by atoms with E-state index in [-0.39, 0.29) is 0 Å². The minimum atomic E-state index is 0.400. The molecule has 2 rings (SSSR count). The van der Waals surface area contributed by atoms with Gasteiger partial charge < -0.3 is 10.1 Å². The van der Waals surface area contributed by atoms with Crippen molar-refractivity contribution >= 4 is 0 Å². The van der Waals surface area contributed by atoms with Gasteiger partial charge in [0.1, 0.15) is 0 Å². The van der Waals surface area contributed by atoms with Gasteiger partial charge in [-0.1, -0.05) is 33.1 Å². The molecule has 1 N–H and O–H groups in total. The van der Waals surface area contributed by atoms with Gasteiger partial charge in [-0.05, 0) is 44.6 Å². The minimum Gasteiger partial charge on any atom is -0.376 e. The Balaban J connectivity index is 1.98. The first-order valence-corrected chi connectivity index (χ1v) is 9.25. The molecule has 0 amide bonds. The molecule has 2 fully saturated rings. The number of hydrogen-bond acceptors (Lipinski definition) is 3. The van der Waals surface area contributed by atoms with Gasteiger partial charge in [-0.25, -0.2) is 0 Å². The van der Waals surface area contributed by atoms with Crippen LogP contribution in [0.25, 0.3) is 0 Å². The highest BCUT2D eigenvalue weighted by Crippen LogP contribution is 2.37. The summed E-state index contributed by atoms with van der Waals surface area (Å²) in [5, 5.41) is 3.72. The number of ether oxygens (including phenoxy) is 1. The van der Waals surface area contributed by atoms with Gasteiger partial charge in [0.05, 0.1) is 12.7 Å². The Morgan fingerprint density at radius 2 is 1.95 bits per heavy atom. The number of morpholine rings is 1. The topological polar surface area (TPSA) is 24.5 Å². The van der Waals surface area contributed by atoms with Gasteiger partial charge in [0.25, 0.3) is 0 Å². The lowest BCUT2D eigenvalue weighted by atomic mass is 9.73. The van der Waals surface area contributed by atoms with Crippen molar-refractivity contribution in [2.75, 3.05) is 32.8 Å². The molecular formula is C18H36N2O. The van der Waals surface area contributed by atoms with E-state index in [9.17, 15) is 0 Å². The van der Waals surface area contributed by atoms with Gasteiger partial charge in [-0.2, -0.15) is 0 Å². The molecule has 21 heavy (non-hydrogen) atoms. The predicted octanol–water partition coefficient (Wildman–Crippen LogP) is 3.44. The Morgan fingerprint density at radius 1 is 1.19 bits per heavy atom. The standard InChI is InChI=1S/C18H36N2O/c1-4-11-19-14-18(9-7-6-8-10-18)15-20-12-16(3)21-13-17(20)5-2/h16-17,19H,4-15H2,1-3H3. The van der Waals surface area contributed by atoms with Crippen molar-refractivity contribution in [1.82, 2.24) is 10.2 Å². The van der Waals surface area contributed by atoms with E-state index in [2.05, 4.69) is 31.0 Å². The molecule has 0 radical (unpaired) electrons. The third kappa shape index (κ3) is 4.94. The van der Waals surface area contributed by atoms with Gasteiger partial charge >= 0.3 is 0 Å². The maximum atomic E-state index is 5.87. The first-order valence-electron chi connectivity index (χ1n) is 9.25. The molecule has 0 aromatic rings. The van der Waals surface area contributed by atoms with Crippen LogP contribution in [0, 0.1) is 5.41 Å². The molecular weight excluding hydrogens is 260 g/mol. The molecule has 1 saturated carbocycles. The Hall–Kier alpha value is -0.120. The van der Waals surface area contributed by atoms with Crippen molar-refractivity contribution in [2.45, 2.75) is 77.9 Å². The molecule has 1 aliphatic heterocycles. The second-order valence-electron chi connectivity index (χ2n) is 7.37. The fourth-order valence-corrected chi connectivity index (χ4v) is 4.14. The lowest BCUT2D eigenvalue weighted by Crippen LogP contribution is -2.54. The van der Waals surface area contributed by atoms with Crippen LogP contribution >= 0.6 is 0 Å². The van der Waals surface area contributed by atoms with Crippen LogP contribution in [0.2, 0.25) is 0 Å². The van der Waals surface area contributed by atoms with Gasteiger partial charge in [0.15, 0.2) is 0 Å². The van der Waals surface area contributed by atoms with E-state index >= 15 is 0 Å². The first kappa shape index (κ1) is 17.2. The van der Waals surface area contributed by atoms with Crippen LogP contribution in [0.15, 0.2) is 0 Å². The van der Waals surface area contributed by atoms with E-state index in [1.54, 1.807) is 0 Å². The molecule has 0 aromatic carbocycles. The molecule has 0 bridgehead atoms. The second kappa shape index (κ2) is 8.50. The highest BCUT2D eigenvalue weighted by atomic mass is 16.5.